The second kappa shape index (κ2) is 9.01. The lowest BCUT2D eigenvalue weighted by atomic mass is 10.2. The largest absolute Gasteiger partial charge is 0.492 e. The number of H-pyrrole nitrogens is 1. The minimum atomic E-state index is -0.702. The van der Waals surface area contributed by atoms with Gasteiger partial charge in [0, 0.05) is 6.07 Å². The van der Waals surface area contributed by atoms with Gasteiger partial charge in [-0.2, -0.15) is 0 Å². The molecule has 0 saturated heterocycles. The number of ether oxygens (including phenoxy) is 2. The molecule has 0 fully saturated rings. The van der Waals surface area contributed by atoms with Crippen LogP contribution >= 0.6 is 12.2 Å². The molecule has 144 valence electrons. The zero-order chi connectivity index (χ0) is 19.9. The van der Waals surface area contributed by atoms with Gasteiger partial charge in [0.25, 0.3) is 5.56 Å². The van der Waals surface area contributed by atoms with Crippen molar-refractivity contribution in [3.05, 3.63) is 81.4 Å². The van der Waals surface area contributed by atoms with Crippen molar-refractivity contribution in [1.82, 2.24) is 9.55 Å². The molecule has 0 radical (unpaired) electrons. The smallest absolute Gasteiger partial charge is 0.413 e. The van der Waals surface area contributed by atoms with Crippen LogP contribution in [0.25, 0.3) is 5.69 Å². The lowest BCUT2D eigenvalue weighted by Crippen LogP contribution is -2.21. The van der Waals surface area contributed by atoms with Crippen molar-refractivity contribution in [2.45, 2.75) is 13.5 Å². The van der Waals surface area contributed by atoms with Crippen molar-refractivity contribution in [3.63, 3.8) is 0 Å². The average molecular weight is 397 g/mol. The highest BCUT2D eigenvalue weighted by molar-refractivity contribution is 7.71. The number of rotatable bonds is 6. The van der Waals surface area contributed by atoms with E-state index in [1.165, 1.54) is 10.6 Å². The van der Waals surface area contributed by atoms with Gasteiger partial charge in [-0.1, -0.05) is 42.5 Å². The molecule has 0 atom stereocenters. The SMILES string of the molecule is CCOc1ccccc1-n1c(NC(=O)OCc2ccccc2)cc(=O)[nH]c1=S. The van der Waals surface area contributed by atoms with E-state index in [9.17, 15) is 9.59 Å². The second-order valence-corrected chi connectivity index (χ2v) is 6.13. The first kappa shape index (κ1) is 19.4. The molecule has 0 aliphatic rings. The molecule has 3 rings (SSSR count). The molecule has 0 aliphatic carbocycles. The Hall–Kier alpha value is -3.39. The zero-order valence-electron chi connectivity index (χ0n) is 15.2. The number of nitrogens with zero attached hydrogens (tertiary/aromatic N) is 1. The summed E-state index contributed by atoms with van der Waals surface area (Å²) in [5.74, 6) is 0.743. The molecule has 2 aromatic carbocycles. The molecule has 7 nitrogen and oxygen atoms in total. The van der Waals surface area contributed by atoms with Crippen molar-refractivity contribution in [1.29, 1.82) is 0 Å². The Morgan fingerprint density at radius 3 is 2.61 bits per heavy atom. The summed E-state index contributed by atoms with van der Waals surface area (Å²) >= 11 is 5.31. The van der Waals surface area contributed by atoms with Crippen LogP contribution in [0.4, 0.5) is 10.6 Å². The number of carbonyl (C=O) groups excluding carboxylic acids is 1. The number of amides is 1. The van der Waals surface area contributed by atoms with E-state index in [2.05, 4.69) is 10.3 Å². The third-order valence-corrected chi connectivity index (χ3v) is 4.08. The van der Waals surface area contributed by atoms with E-state index >= 15 is 0 Å². The third kappa shape index (κ3) is 4.66. The van der Waals surface area contributed by atoms with E-state index in [1.807, 2.05) is 49.4 Å². The number of aromatic amines is 1. The first-order valence-corrected chi connectivity index (χ1v) is 9.05. The third-order valence-electron chi connectivity index (χ3n) is 3.79. The first-order valence-electron chi connectivity index (χ1n) is 8.64. The summed E-state index contributed by atoms with van der Waals surface area (Å²) in [6, 6.07) is 17.7. The van der Waals surface area contributed by atoms with Gasteiger partial charge >= 0.3 is 6.09 Å². The average Bonchev–Trinajstić information content (AvgIpc) is 2.68. The fourth-order valence-electron chi connectivity index (χ4n) is 2.61. The van der Waals surface area contributed by atoms with Crippen LogP contribution in [0, 0.1) is 4.77 Å². The lowest BCUT2D eigenvalue weighted by molar-refractivity contribution is 0.155. The molecular weight excluding hydrogens is 378 g/mol. The number of benzene rings is 2. The standard InChI is InChI=1S/C20H19N3O4S/c1-2-26-16-11-7-6-10-15(16)23-17(12-18(24)22-19(23)28)21-20(25)27-13-14-8-4-3-5-9-14/h3-12H,2,13H2,1H3,(H,21,25)(H,22,24,28). The molecule has 0 aliphatic heterocycles. The van der Waals surface area contributed by atoms with E-state index in [4.69, 9.17) is 21.7 Å². The van der Waals surface area contributed by atoms with Crippen LogP contribution < -0.4 is 15.6 Å². The molecule has 2 N–H and O–H groups in total. The number of hydrogen-bond acceptors (Lipinski definition) is 5. The van der Waals surface area contributed by atoms with Gasteiger partial charge in [0.2, 0.25) is 0 Å². The van der Waals surface area contributed by atoms with Crippen LogP contribution in [0.15, 0.2) is 65.5 Å². The minimum absolute atomic E-state index is 0.103. The van der Waals surface area contributed by atoms with Gasteiger partial charge in [-0.15, -0.1) is 0 Å². The van der Waals surface area contributed by atoms with Gasteiger partial charge < -0.3 is 9.47 Å². The van der Waals surface area contributed by atoms with Gasteiger partial charge in [-0.05, 0) is 36.8 Å². The maximum Gasteiger partial charge on any atom is 0.413 e. The highest BCUT2D eigenvalue weighted by Gasteiger charge is 2.14. The van der Waals surface area contributed by atoms with E-state index < -0.39 is 11.7 Å². The number of para-hydroxylation sites is 2. The topological polar surface area (TPSA) is 85.3 Å². The normalized spacial score (nSPS) is 10.3. The summed E-state index contributed by atoms with van der Waals surface area (Å²) in [6.07, 6.45) is -0.702. The minimum Gasteiger partial charge on any atom is -0.492 e. The molecule has 3 aromatic rings. The van der Waals surface area contributed by atoms with Gasteiger partial charge in [-0.3, -0.25) is 19.7 Å². The maximum absolute atomic E-state index is 12.3. The second-order valence-electron chi connectivity index (χ2n) is 5.75. The van der Waals surface area contributed by atoms with Gasteiger partial charge in [-0.25, -0.2) is 4.79 Å². The Kier molecular flexibility index (Phi) is 6.23. The summed E-state index contributed by atoms with van der Waals surface area (Å²) < 4.78 is 12.5. The number of aromatic nitrogens is 2. The van der Waals surface area contributed by atoms with Crippen LogP contribution in [-0.4, -0.2) is 22.3 Å². The van der Waals surface area contributed by atoms with Gasteiger partial charge in [0.15, 0.2) is 4.77 Å². The summed E-state index contributed by atoms with van der Waals surface area (Å²) in [5.41, 5.74) is 1.000. The highest BCUT2D eigenvalue weighted by atomic mass is 32.1. The lowest BCUT2D eigenvalue weighted by Gasteiger charge is -2.17. The first-order chi connectivity index (χ1) is 13.6. The fourth-order valence-corrected chi connectivity index (χ4v) is 2.91. The maximum atomic E-state index is 12.3. The highest BCUT2D eigenvalue weighted by Crippen LogP contribution is 2.25. The Labute approximate surface area is 166 Å². The van der Waals surface area contributed by atoms with E-state index in [0.29, 0.717) is 18.0 Å². The van der Waals surface area contributed by atoms with Crippen molar-refractivity contribution in [2.75, 3.05) is 11.9 Å². The molecule has 28 heavy (non-hydrogen) atoms. The zero-order valence-corrected chi connectivity index (χ0v) is 16.0. The number of anilines is 1. The summed E-state index contributed by atoms with van der Waals surface area (Å²) in [5, 5.41) is 2.59. The van der Waals surface area contributed by atoms with Crippen LogP contribution in [0.2, 0.25) is 0 Å². The Morgan fingerprint density at radius 1 is 1.14 bits per heavy atom. The van der Waals surface area contributed by atoms with Gasteiger partial charge in [0.1, 0.15) is 18.2 Å². The van der Waals surface area contributed by atoms with E-state index in [0.717, 1.165) is 5.56 Å². The van der Waals surface area contributed by atoms with Crippen LogP contribution in [0.1, 0.15) is 12.5 Å². The molecule has 0 spiro atoms. The summed E-state index contributed by atoms with van der Waals surface area (Å²) in [6.45, 7) is 2.42. The molecule has 0 unspecified atom stereocenters. The van der Waals surface area contributed by atoms with Crippen molar-refractivity contribution >= 4 is 24.1 Å². The molecular formula is C20H19N3O4S. The number of nitrogens with one attached hydrogen (secondary N) is 2. The number of carbonyl (C=O) groups is 1. The van der Waals surface area contributed by atoms with Crippen LogP contribution in [0.5, 0.6) is 5.75 Å². The van der Waals surface area contributed by atoms with E-state index in [1.54, 1.807) is 12.1 Å². The van der Waals surface area contributed by atoms with Crippen molar-refractivity contribution < 1.29 is 14.3 Å². The molecule has 0 bridgehead atoms. The monoisotopic (exact) mass is 397 g/mol. The Morgan fingerprint density at radius 2 is 1.86 bits per heavy atom. The summed E-state index contributed by atoms with van der Waals surface area (Å²) in [7, 11) is 0. The summed E-state index contributed by atoms with van der Waals surface area (Å²) in [4.78, 5) is 26.7. The molecule has 8 heteroatoms. The van der Waals surface area contributed by atoms with Crippen molar-refractivity contribution in [2.24, 2.45) is 0 Å². The van der Waals surface area contributed by atoms with Crippen molar-refractivity contribution in [3.8, 4) is 11.4 Å². The van der Waals surface area contributed by atoms with Crippen LogP contribution in [0.3, 0.4) is 0 Å². The Bertz CT molecular complexity index is 1080. The molecule has 0 saturated carbocycles. The molecule has 1 aromatic heterocycles. The van der Waals surface area contributed by atoms with E-state index in [-0.39, 0.29) is 17.2 Å². The van der Waals surface area contributed by atoms with Crippen LogP contribution in [-0.2, 0) is 11.3 Å². The van der Waals surface area contributed by atoms with Gasteiger partial charge in [0.05, 0.1) is 12.3 Å². The Balaban J connectivity index is 1.90. The number of hydrogen-bond donors (Lipinski definition) is 2. The fraction of sp³-hybridized carbons (Fsp3) is 0.150. The predicted molar refractivity (Wildman–Crippen MR) is 109 cm³/mol. The predicted octanol–water partition coefficient (Wildman–Crippen LogP) is 4.04. The quantitative estimate of drug-likeness (QED) is 0.613. The molecule has 1 heterocycles. The molecule has 1 amide bonds.